The van der Waals surface area contributed by atoms with Crippen molar-refractivity contribution in [2.45, 2.75) is 61.3 Å². The van der Waals surface area contributed by atoms with E-state index in [0.29, 0.717) is 0 Å². The van der Waals surface area contributed by atoms with Crippen LogP contribution in [0, 0.1) is 29.9 Å². The van der Waals surface area contributed by atoms with Crippen molar-refractivity contribution in [2.75, 3.05) is 0 Å². The number of aryl methyl sites for hydroxylation is 1. The van der Waals surface area contributed by atoms with Gasteiger partial charge in [0.15, 0.2) is 0 Å². The fraction of sp³-hybridized carbons (Fsp3) is 0.212. The number of rotatable bonds is 6. The minimum absolute atomic E-state index is 0. The average molecular weight is 951 g/mol. The third kappa shape index (κ3) is 7.08. The predicted octanol–water partition coefficient (Wildman–Crippen LogP) is 13.2. The molecule has 0 atom stereocenters. The van der Waals surface area contributed by atoms with Gasteiger partial charge in [-0.15, -0.1) is 40.8 Å². The van der Waals surface area contributed by atoms with Crippen molar-refractivity contribution < 1.29 is 25.5 Å². The molecule has 10 aromatic rings. The van der Waals surface area contributed by atoms with Gasteiger partial charge in [-0.25, -0.2) is 9.97 Å². The van der Waals surface area contributed by atoms with Crippen LogP contribution in [0.5, 0.6) is 0 Å². The molecule has 6 nitrogen and oxygen atoms in total. The van der Waals surface area contributed by atoms with E-state index in [-0.39, 0.29) is 31.9 Å². The summed E-state index contributed by atoms with van der Waals surface area (Å²) in [6.07, 6.45) is 5.76. The van der Waals surface area contributed by atoms with Crippen LogP contribution in [0.15, 0.2) is 126 Å². The van der Waals surface area contributed by atoms with Crippen LogP contribution >= 0.6 is 0 Å². The van der Waals surface area contributed by atoms with Crippen molar-refractivity contribution in [3.8, 4) is 39.3 Å². The van der Waals surface area contributed by atoms with Crippen LogP contribution in [0.2, 0.25) is 0 Å². The average Bonchev–Trinajstić information content (AvgIpc) is 3.86. The number of para-hydroxylation sites is 2. The predicted molar refractivity (Wildman–Crippen MR) is 237 cm³/mol. The molecule has 5 heterocycles. The number of nitrogens with zero attached hydrogens (tertiary/aromatic N) is 5. The number of imidazole rings is 2. The van der Waals surface area contributed by atoms with E-state index in [0.717, 1.165) is 108 Å². The molecule has 0 saturated carbocycles. The van der Waals surface area contributed by atoms with Crippen molar-refractivity contribution in [3.05, 3.63) is 151 Å². The minimum atomic E-state index is 0. The number of benzene rings is 5. The van der Waals surface area contributed by atoms with Gasteiger partial charge in [-0.05, 0) is 106 Å². The van der Waals surface area contributed by atoms with Gasteiger partial charge in [-0.3, -0.25) is 9.55 Å². The quantitative estimate of drug-likeness (QED) is 0.156. The molecule has 0 unspecified atom stereocenters. The Morgan fingerprint density at radius 2 is 1.42 bits per heavy atom. The molecule has 294 valence electrons. The molecule has 0 fully saturated rings. The van der Waals surface area contributed by atoms with Crippen LogP contribution in [0.3, 0.4) is 0 Å². The molecule has 0 saturated heterocycles. The normalized spacial score (nSPS) is 12.3. The van der Waals surface area contributed by atoms with Gasteiger partial charge < -0.3 is 8.82 Å². The molecular formula is C52H45N5OPt. The molecule has 0 aliphatic carbocycles. The second-order valence-corrected chi connectivity index (χ2v) is 18.1. The van der Waals surface area contributed by atoms with Gasteiger partial charge in [0.05, 0.1) is 22.4 Å². The summed E-state index contributed by atoms with van der Waals surface area (Å²) < 4.78 is 10.8. The summed E-state index contributed by atoms with van der Waals surface area (Å²) in [4.78, 5) is 15.0. The van der Waals surface area contributed by atoms with Gasteiger partial charge in [-0.1, -0.05) is 113 Å². The van der Waals surface area contributed by atoms with Gasteiger partial charge in [0.1, 0.15) is 5.82 Å². The van der Waals surface area contributed by atoms with E-state index in [1.807, 2.05) is 25.4 Å². The molecule has 7 heteroatoms. The first-order chi connectivity index (χ1) is 27.9. The van der Waals surface area contributed by atoms with Gasteiger partial charge in [0, 0.05) is 18.1 Å². The molecule has 0 aliphatic rings. The molecule has 0 spiro atoms. The van der Waals surface area contributed by atoms with Crippen LogP contribution in [-0.4, -0.2) is 23.9 Å². The molecule has 5 aromatic heterocycles. The minimum Gasteiger partial charge on any atom is -0.496 e. The fourth-order valence-electron chi connectivity index (χ4n) is 8.58. The van der Waals surface area contributed by atoms with Gasteiger partial charge in [0.25, 0.3) is 0 Å². The van der Waals surface area contributed by atoms with E-state index in [1.54, 1.807) is 0 Å². The second-order valence-electron chi connectivity index (χ2n) is 18.1. The van der Waals surface area contributed by atoms with Crippen molar-refractivity contribution in [3.63, 3.8) is 0 Å². The standard InChI is InChI=1S/C52H45N5O.Pt/c1-32-25-41-39-12-10-11-38(40(39)29-42(49(41)58-32)44-27-36(22-24-53-44)35-17-15-33(16-18-35)30-51(2,3)4)37-19-20-46-47(28-37)57(48-26-34(21-23-54-48)31-52(5,6)7)50-55-43-13-8-9-14-45(43)56(46)50;/h8-27H,30-31H2,1-7H3;/q-2;+2. The van der Waals surface area contributed by atoms with E-state index in [1.165, 1.54) is 11.1 Å². The van der Waals surface area contributed by atoms with E-state index in [4.69, 9.17) is 19.4 Å². The summed E-state index contributed by atoms with van der Waals surface area (Å²) in [5.41, 5.74) is 13.5. The van der Waals surface area contributed by atoms with E-state index in [9.17, 15) is 0 Å². The number of aromatic nitrogens is 5. The Balaban J connectivity index is 0.00000449. The van der Waals surface area contributed by atoms with Gasteiger partial charge >= 0.3 is 21.1 Å². The number of furan rings is 1. The van der Waals surface area contributed by atoms with Crippen LogP contribution in [0.1, 0.15) is 58.4 Å². The molecule has 0 aliphatic heterocycles. The van der Waals surface area contributed by atoms with Crippen LogP contribution in [0.4, 0.5) is 0 Å². The maximum atomic E-state index is 6.44. The summed E-state index contributed by atoms with van der Waals surface area (Å²) in [6, 6.07) is 46.4. The van der Waals surface area contributed by atoms with Crippen LogP contribution in [-0.2, 0) is 33.9 Å². The van der Waals surface area contributed by atoms with Crippen molar-refractivity contribution >= 4 is 49.6 Å². The Labute approximate surface area is 359 Å². The topological polar surface area (TPSA) is 61.1 Å². The second kappa shape index (κ2) is 14.5. The first kappa shape index (κ1) is 38.7. The van der Waals surface area contributed by atoms with Crippen molar-refractivity contribution in [1.82, 2.24) is 23.9 Å². The molecule has 10 rings (SSSR count). The Morgan fingerprint density at radius 3 is 2.22 bits per heavy atom. The maximum absolute atomic E-state index is 6.44. The Bertz CT molecular complexity index is 3210. The van der Waals surface area contributed by atoms with E-state index in [2.05, 4.69) is 166 Å². The SMILES string of the molecule is Cc1cc2c(o1)c(-c1cc(-c3ccc(CC(C)(C)C)cc3)ccn1)[c-]c1c(-c3[c-]c4c(cc3)n3c5ccccc5nc3n4-c3cc(CC(C)(C)C)ccn3)cccc12.[Pt+2]. The first-order valence-corrected chi connectivity index (χ1v) is 20.1. The summed E-state index contributed by atoms with van der Waals surface area (Å²) in [6.45, 7) is 15.6. The van der Waals surface area contributed by atoms with Gasteiger partial charge in [0.2, 0.25) is 5.78 Å². The Hall–Kier alpha value is -5.84. The van der Waals surface area contributed by atoms with E-state index < -0.39 is 0 Å². The summed E-state index contributed by atoms with van der Waals surface area (Å²) in [7, 11) is 0. The fourth-order valence-corrected chi connectivity index (χ4v) is 8.58. The Morgan fingerprint density at radius 1 is 0.661 bits per heavy atom. The Kier molecular flexibility index (Phi) is 9.48. The zero-order valence-electron chi connectivity index (χ0n) is 34.4. The maximum Gasteiger partial charge on any atom is 2.00 e. The van der Waals surface area contributed by atoms with E-state index >= 15 is 0 Å². The zero-order valence-corrected chi connectivity index (χ0v) is 36.7. The number of hydrogen-bond acceptors (Lipinski definition) is 4. The number of fused-ring (bicyclic) bond motifs is 8. The number of pyridine rings is 2. The molecule has 0 bridgehead atoms. The van der Waals surface area contributed by atoms with Gasteiger partial charge in [-0.2, -0.15) is 0 Å². The van der Waals surface area contributed by atoms with Crippen molar-refractivity contribution in [1.29, 1.82) is 0 Å². The molecule has 0 N–H and O–H groups in total. The number of hydrogen-bond donors (Lipinski definition) is 0. The summed E-state index contributed by atoms with van der Waals surface area (Å²) >= 11 is 0. The largest absolute Gasteiger partial charge is 2.00 e. The third-order valence-corrected chi connectivity index (χ3v) is 10.9. The zero-order chi connectivity index (χ0) is 39.9. The smallest absolute Gasteiger partial charge is 0.496 e. The van der Waals surface area contributed by atoms with Crippen molar-refractivity contribution in [2.24, 2.45) is 10.8 Å². The molecule has 0 amide bonds. The summed E-state index contributed by atoms with van der Waals surface area (Å²) in [5.74, 6) is 2.47. The third-order valence-electron chi connectivity index (χ3n) is 10.9. The van der Waals surface area contributed by atoms with Crippen LogP contribution in [0.25, 0.3) is 88.9 Å². The van der Waals surface area contributed by atoms with Crippen LogP contribution < -0.4 is 0 Å². The molecule has 5 aromatic carbocycles. The summed E-state index contributed by atoms with van der Waals surface area (Å²) in [5, 5.41) is 3.09. The monoisotopic (exact) mass is 950 g/mol. The molecule has 0 radical (unpaired) electrons. The first-order valence-electron chi connectivity index (χ1n) is 20.1. The molecular weight excluding hydrogens is 906 g/mol. The molecule has 59 heavy (non-hydrogen) atoms.